The Morgan fingerprint density at radius 1 is 1.50 bits per heavy atom. The second kappa shape index (κ2) is 6.83. The number of carbonyl (C=O) groups is 1. The molecule has 1 unspecified atom stereocenters. The fourth-order valence-corrected chi connectivity index (χ4v) is 2.10. The van der Waals surface area contributed by atoms with Crippen molar-refractivity contribution in [3.8, 4) is 0 Å². The summed E-state index contributed by atoms with van der Waals surface area (Å²) in [4.78, 5) is 15.2. The van der Waals surface area contributed by atoms with Crippen LogP contribution in [0.4, 0.5) is 0 Å². The van der Waals surface area contributed by atoms with Gasteiger partial charge < -0.3 is 14.7 Å². The number of rotatable bonds is 5. The summed E-state index contributed by atoms with van der Waals surface area (Å²) in [5.74, 6) is -0.717. The molecule has 94 valence electrons. The van der Waals surface area contributed by atoms with Crippen LogP contribution in [0, 0.1) is 0 Å². The highest BCUT2D eigenvalue weighted by atomic mass is 16.5. The Balaban J connectivity index is 2.48. The minimum atomic E-state index is -0.717. The van der Waals surface area contributed by atoms with E-state index < -0.39 is 5.97 Å². The third-order valence-corrected chi connectivity index (χ3v) is 3.10. The maximum atomic E-state index is 10.8. The first-order valence-corrected chi connectivity index (χ1v) is 5.77. The predicted molar refractivity (Wildman–Crippen MR) is 61.6 cm³/mol. The third-order valence-electron chi connectivity index (χ3n) is 3.10. The first kappa shape index (κ1) is 13.4. The van der Waals surface area contributed by atoms with Crippen LogP contribution in [-0.4, -0.2) is 73.9 Å². The molecule has 1 rings (SSSR count). The minimum absolute atomic E-state index is 0.122. The molecular weight excluding hydrogens is 208 g/mol. The van der Waals surface area contributed by atoms with E-state index in [2.05, 4.69) is 9.80 Å². The van der Waals surface area contributed by atoms with Crippen LogP contribution in [0.3, 0.4) is 0 Å². The second-order valence-electron chi connectivity index (χ2n) is 4.38. The lowest BCUT2D eigenvalue weighted by atomic mass is 10.2. The van der Waals surface area contributed by atoms with Crippen LogP contribution in [0.15, 0.2) is 0 Å². The monoisotopic (exact) mass is 230 g/mol. The van der Waals surface area contributed by atoms with Gasteiger partial charge in [0.15, 0.2) is 0 Å². The van der Waals surface area contributed by atoms with Gasteiger partial charge in [-0.05, 0) is 26.6 Å². The lowest BCUT2D eigenvalue weighted by Gasteiger charge is -2.27. The Kier molecular flexibility index (Phi) is 5.73. The fourth-order valence-electron chi connectivity index (χ4n) is 2.10. The molecule has 0 spiro atoms. The van der Waals surface area contributed by atoms with Gasteiger partial charge in [0.25, 0.3) is 0 Å². The Labute approximate surface area is 97.0 Å². The van der Waals surface area contributed by atoms with Crippen LogP contribution in [0.1, 0.15) is 12.8 Å². The number of carboxylic acids is 1. The molecule has 5 nitrogen and oxygen atoms in total. The SMILES string of the molecule is COCCN1CCCN(C)C(CC(=O)O)C1. The van der Waals surface area contributed by atoms with Crippen LogP contribution < -0.4 is 0 Å². The molecular formula is C11H22N2O3. The van der Waals surface area contributed by atoms with Gasteiger partial charge in [-0.1, -0.05) is 0 Å². The standard InChI is InChI=1S/C11H22N2O3/c1-12-4-3-5-13(6-7-16-2)9-10(12)8-11(14)15/h10H,3-9H2,1-2H3,(H,14,15). The van der Waals surface area contributed by atoms with Crippen LogP contribution in [0.2, 0.25) is 0 Å². The van der Waals surface area contributed by atoms with Crippen molar-refractivity contribution in [2.24, 2.45) is 0 Å². The van der Waals surface area contributed by atoms with Gasteiger partial charge in [-0.2, -0.15) is 0 Å². The molecule has 0 radical (unpaired) electrons. The molecule has 1 aliphatic heterocycles. The Hall–Kier alpha value is -0.650. The van der Waals surface area contributed by atoms with E-state index in [1.807, 2.05) is 7.05 Å². The van der Waals surface area contributed by atoms with Crippen LogP contribution in [0.25, 0.3) is 0 Å². The molecule has 0 aliphatic carbocycles. The average Bonchev–Trinajstić information content (AvgIpc) is 2.38. The van der Waals surface area contributed by atoms with Crippen molar-refractivity contribution in [2.45, 2.75) is 18.9 Å². The molecule has 0 aromatic carbocycles. The van der Waals surface area contributed by atoms with Crippen molar-refractivity contribution < 1.29 is 14.6 Å². The second-order valence-corrected chi connectivity index (χ2v) is 4.38. The van der Waals surface area contributed by atoms with Gasteiger partial charge in [-0.3, -0.25) is 9.69 Å². The van der Waals surface area contributed by atoms with Gasteiger partial charge in [-0.15, -0.1) is 0 Å². The summed E-state index contributed by atoms with van der Waals surface area (Å²) in [5, 5.41) is 8.87. The molecule has 1 aliphatic rings. The van der Waals surface area contributed by atoms with Crippen molar-refractivity contribution in [3.05, 3.63) is 0 Å². The van der Waals surface area contributed by atoms with E-state index in [1.54, 1.807) is 7.11 Å². The van der Waals surface area contributed by atoms with Gasteiger partial charge >= 0.3 is 5.97 Å². The molecule has 1 heterocycles. The van der Waals surface area contributed by atoms with Crippen molar-refractivity contribution >= 4 is 5.97 Å². The van der Waals surface area contributed by atoms with E-state index in [4.69, 9.17) is 9.84 Å². The maximum Gasteiger partial charge on any atom is 0.304 e. The lowest BCUT2D eigenvalue weighted by molar-refractivity contribution is -0.138. The van der Waals surface area contributed by atoms with Gasteiger partial charge in [-0.25, -0.2) is 0 Å². The summed E-state index contributed by atoms with van der Waals surface area (Å²) < 4.78 is 5.06. The lowest BCUT2D eigenvalue weighted by Crippen LogP contribution is -2.41. The fraction of sp³-hybridized carbons (Fsp3) is 0.909. The molecule has 0 aromatic heterocycles. The zero-order valence-corrected chi connectivity index (χ0v) is 10.2. The number of methoxy groups -OCH3 is 1. The summed E-state index contributed by atoms with van der Waals surface area (Å²) in [5.41, 5.74) is 0. The zero-order chi connectivity index (χ0) is 12.0. The molecule has 5 heteroatoms. The highest BCUT2D eigenvalue weighted by molar-refractivity contribution is 5.67. The van der Waals surface area contributed by atoms with E-state index in [0.717, 1.165) is 32.6 Å². The highest BCUT2D eigenvalue weighted by Crippen LogP contribution is 2.11. The topological polar surface area (TPSA) is 53.0 Å². The van der Waals surface area contributed by atoms with Crippen molar-refractivity contribution in [3.63, 3.8) is 0 Å². The first-order valence-electron chi connectivity index (χ1n) is 5.77. The van der Waals surface area contributed by atoms with Gasteiger partial charge in [0.1, 0.15) is 0 Å². The number of carboxylic acid groups (broad SMARTS) is 1. The molecule has 16 heavy (non-hydrogen) atoms. The molecule has 1 saturated heterocycles. The minimum Gasteiger partial charge on any atom is -0.481 e. The summed E-state index contributed by atoms with van der Waals surface area (Å²) in [7, 11) is 3.70. The van der Waals surface area contributed by atoms with E-state index >= 15 is 0 Å². The summed E-state index contributed by atoms with van der Waals surface area (Å²) >= 11 is 0. The normalized spacial score (nSPS) is 24.2. The van der Waals surface area contributed by atoms with Crippen molar-refractivity contribution in [1.29, 1.82) is 0 Å². The largest absolute Gasteiger partial charge is 0.481 e. The van der Waals surface area contributed by atoms with E-state index in [0.29, 0.717) is 6.61 Å². The zero-order valence-electron chi connectivity index (χ0n) is 10.2. The number of aliphatic carboxylic acids is 1. The summed E-state index contributed by atoms with van der Waals surface area (Å²) in [6.45, 7) is 4.43. The summed E-state index contributed by atoms with van der Waals surface area (Å²) in [6, 6.07) is 0.122. The molecule has 0 saturated carbocycles. The predicted octanol–water partition coefficient (Wildman–Crippen LogP) is 0.114. The number of nitrogens with zero attached hydrogens (tertiary/aromatic N) is 2. The first-order chi connectivity index (χ1) is 7.63. The van der Waals surface area contributed by atoms with Gasteiger partial charge in [0.2, 0.25) is 0 Å². The van der Waals surface area contributed by atoms with Crippen molar-refractivity contribution in [1.82, 2.24) is 9.80 Å². The maximum absolute atomic E-state index is 10.8. The highest BCUT2D eigenvalue weighted by Gasteiger charge is 2.23. The molecule has 1 atom stereocenters. The Bertz CT molecular complexity index is 221. The van der Waals surface area contributed by atoms with Gasteiger partial charge in [0, 0.05) is 26.2 Å². The number of hydrogen-bond acceptors (Lipinski definition) is 4. The van der Waals surface area contributed by atoms with Crippen LogP contribution in [-0.2, 0) is 9.53 Å². The van der Waals surface area contributed by atoms with Crippen molar-refractivity contribution in [2.75, 3.05) is 46.9 Å². The number of ether oxygens (including phenoxy) is 1. The van der Waals surface area contributed by atoms with E-state index in [1.165, 1.54) is 0 Å². The van der Waals surface area contributed by atoms with E-state index in [9.17, 15) is 4.79 Å². The summed E-state index contributed by atoms with van der Waals surface area (Å²) in [6.07, 6.45) is 1.32. The Morgan fingerprint density at radius 2 is 2.25 bits per heavy atom. The Morgan fingerprint density at radius 3 is 2.88 bits per heavy atom. The molecule has 0 aromatic rings. The average molecular weight is 230 g/mol. The molecule has 1 fully saturated rings. The van der Waals surface area contributed by atoms with Gasteiger partial charge in [0.05, 0.1) is 13.0 Å². The third kappa shape index (κ3) is 4.47. The molecule has 1 N–H and O–H groups in total. The quantitative estimate of drug-likeness (QED) is 0.726. The molecule has 0 amide bonds. The molecule has 0 bridgehead atoms. The number of likely N-dealkylation sites (N-methyl/N-ethyl adjacent to an activating group) is 1. The smallest absolute Gasteiger partial charge is 0.304 e. The van der Waals surface area contributed by atoms with E-state index in [-0.39, 0.29) is 12.5 Å². The van der Waals surface area contributed by atoms with Crippen LogP contribution >= 0.6 is 0 Å². The number of hydrogen-bond donors (Lipinski definition) is 1. The van der Waals surface area contributed by atoms with Crippen LogP contribution in [0.5, 0.6) is 0 Å².